The molecule has 1 aromatic heterocycles. The molecule has 1 aromatic rings. The first-order valence-electron chi connectivity index (χ1n) is 7.81. The second kappa shape index (κ2) is 10.1. The van der Waals surface area contributed by atoms with Crippen molar-refractivity contribution < 1.29 is 0 Å². The number of pyridine rings is 1. The summed E-state index contributed by atoms with van der Waals surface area (Å²) in [6.45, 7) is 4.52. The topological polar surface area (TPSA) is 12.9 Å². The van der Waals surface area contributed by atoms with Crippen LogP contribution in [0.25, 0.3) is 0 Å². The molecule has 0 radical (unpaired) electrons. The Morgan fingerprint density at radius 1 is 0.722 bits per heavy atom. The van der Waals surface area contributed by atoms with E-state index in [0.29, 0.717) is 0 Å². The van der Waals surface area contributed by atoms with Crippen LogP contribution in [-0.2, 0) is 12.8 Å². The van der Waals surface area contributed by atoms with E-state index in [-0.39, 0.29) is 0 Å². The maximum Gasteiger partial charge on any atom is 0.0406 e. The van der Waals surface area contributed by atoms with E-state index in [1.54, 1.807) is 0 Å². The highest BCUT2D eigenvalue weighted by Crippen LogP contribution is 2.09. The van der Waals surface area contributed by atoms with Gasteiger partial charge in [-0.25, -0.2) is 0 Å². The zero-order chi connectivity index (χ0) is 13.1. The Labute approximate surface area is 113 Å². The molecule has 18 heavy (non-hydrogen) atoms. The fourth-order valence-corrected chi connectivity index (χ4v) is 2.27. The largest absolute Gasteiger partial charge is 0.258 e. The Morgan fingerprint density at radius 2 is 1.22 bits per heavy atom. The van der Waals surface area contributed by atoms with Crippen molar-refractivity contribution >= 4 is 0 Å². The Morgan fingerprint density at radius 3 is 1.67 bits per heavy atom. The molecular weight excluding hydrogens is 218 g/mol. The molecule has 0 saturated carbocycles. The molecule has 0 fully saturated rings. The van der Waals surface area contributed by atoms with Crippen molar-refractivity contribution in [2.45, 2.75) is 78.1 Å². The van der Waals surface area contributed by atoms with Crippen LogP contribution in [0.15, 0.2) is 18.2 Å². The lowest BCUT2D eigenvalue weighted by molar-refractivity contribution is 0.648. The van der Waals surface area contributed by atoms with Gasteiger partial charge in [-0.1, -0.05) is 58.4 Å². The van der Waals surface area contributed by atoms with Crippen LogP contribution in [0.3, 0.4) is 0 Å². The van der Waals surface area contributed by atoms with E-state index in [1.165, 1.54) is 62.8 Å². The molecular formula is C17H29N. The number of nitrogens with zero attached hydrogens (tertiary/aromatic N) is 1. The fraction of sp³-hybridized carbons (Fsp3) is 0.706. The maximum absolute atomic E-state index is 4.77. The van der Waals surface area contributed by atoms with Crippen LogP contribution in [0.1, 0.15) is 76.6 Å². The Kier molecular flexibility index (Phi) is 8.54. The first kappa shape index (κ1) is 15.2. The highest BCUT2D eigenvalue weighted by Gasteiger charge is 1.98. The van der Waals surface area contributed by atoms with Crippen LogP contribution in [0.2, 0.25) is 0 Å². The molecule has 0 unspecified atom stereocenters. The molecule has 102 valence electrons. The first-order valence-corrected chi connectivity index (χ1v) is 7.81. The zero-order valence-electron chi connectivity index (χ0n) is 12.3. The third kappa shape index (κ3) is 6.78. The van der Waals surface area contributed by atoms with Gasteiger partial charge in [0.15, 0.2) is 0 Å². The van der Waals surface area contributed by atoms with Crippen LogP contribution in [0, 0.1) is 0 Å². The average molecular weight is 247 g/mol. The SMILES string of the molecule is CCCCCCc1cccc(CCCCCC)n1. The lowest BCUT2D eigenvalue weighted by Crippen LogP contribution is -1.96. The van der Waals surface area contributed by atoms with Crippen LogP contribution in [0.4, 0.5) is 0 Å². The summed E-state index contributed by atoms with van der Waals surface area (Å²) < 4.78 is 0. The number of unbranched alkanes of at least 4 members (excludes halogenated alkanes) is 6. The summed E-state index contributed by atoms with van der Waals surface area (Å²) in [6.07, 6.45) is 12.9. The molecule has 0 spiro atoms. The van der Waals surface area contributed by atoms with Gasteiger partial charge >= 0.3 is 0 Å². The smallest absolute Gasteiger partial charge is 0.0406 e. The lowest BCUT2D eigenvalue weighted by atomic mass is 10.1. The minimum absolute atomic E-state index is 1.16. The molecule has 0 saturated heterocycles. The van der Waals surface area contributed by atoms with Crippen molar-refractivity contribution in [3.63, 3.8) is 0 Å². The summed E-state index contributed by atoms with van der Waals surface area (Å²) in [5.74, 6) is 0. The first-order chi connectivity index (χ1) is 8.86. The highest BCUT2D eigenvalue weighted by molar-refractivity contribution is 5.11. The van der Waals surface area contributed by atoms with Gasteiger partial charge in [0.2, 0.25) is 0 Å². The van der Waals surface area contributed by atoms with Gasteiger partial charge in [0.25, 0.3) is 0 Å². The van der Waals surface area contributed by atoms with Gasteiger partial charge in [-0.05, 0) is 37.8 Å². The van der Waals surface area contributed by atoms with E-state index in [4.69, 9.17) is 4.98 Å². The molecule has 0 N–H and O–H groups in total. The van der Waals surface area contributed by atoms with Crippen LogP contribution in [-0.4, -0.2) is 4.98 Å². The molecule has 0 amide bonds. The van der Waals surface area contributed by atoms with E-state index in [1.807, 2.05) is 0 Å². The Bertz CT molecular complexity index is 279. The van der Waals surface area contributed by atoms with Crippen LogP contribution < -0.4 is 0 Å². The van der Waals surface area contributed by atoms with Gasteiger partial charge in [-0.2, -0.15) is 0 Å². The third-order valence-electron chi connectivity index (χ3n) is 3.44. The predicted octanol–water partition coefficient (Wildman–Crippen LogP) is 5.33. The molecule has 0 atom stereocenters. The molecule has 0 aromatic carbocycles. The van der Waals surface area contributed by atoms with E-state index in [0.717, 1.165) is 12.8 Å². The summed E-state index contributed by atoms with van der Waals surface area (Å²) >= 11 is 0. The third-order valence-corrected chi connectivity index (χ3v) is 3.44. The summed E-state index contributed by atoms with van der Waals surface area (Å²) in [7, 11) is 0. The van der Waals surface area contributed by atoms with Crippen molar-refractivity contribution in [1.29, 1.82) is 0 Å². The van der Waals surface area contributed by atoms with E-state index < -0.39 is 0 Å². The number of hydrogen-bond acceptors (Lipinski definition) is 1. The average Bonchev–Trinajstić information content (AvgIpc) is 2.40. The molecule has 0 aliphatic rings. The Balaban J connectivity index is 2.27. The molecule has 1 heteroatoms. The highest BCUT2D eigenvalue weighted by atomic mass is 14.7. The van der Waals surface area contributed by atoms with Crippen molar-refractivity contribution in [3.8, 4) is 0 Å². The van der Waals surface area contributed by atoms with Crippen molar-refractivity contribution in [2.24, 2.45) is 0 Å². The molecule has 0 aliphatic carbocycles. The molecule has 1 nitrogen and oxygen atoms in total. The van der Waals surface area contributed by atoms with Gasteiger partial charge in [0.05, 0.1) is 0 Å². The van der Waals surface area contributed by atoms with E-state index >= 15 is 0 Å². The maximum atomic E-state index is 4.77. The zero-order valence-corrected chi connectivity index (χ0v) is 12.3. The normalized spacial score (nSPS) is 10.8. The monoisotopic (exact) mass is 247 g/mol. The quantitative estimate of drug-likeness (QED) is 0.509. The summed E-state index contributed by atoms with van der Waals surface area (Å²) in [6, 6.07) is 6.54. The number of rotatable bonds is 10. The summed E-state index contributed by atoms with van der Waals surface area (Å²) in [4.78, 5) is 4.77. The molecule has 0 bridgehead atoms. The van der Waals surface area contributed by atoms with Gasteiger partial charge in [0.1, 0.15) is 0 Å². The van der Waals surface area contributed by atoms with E-state index in [9.17, 15) is 0 Å². The Hall–Kier alpha value is -0.850. The van der Waals surface area contributed by atoms with Crippen molar-refractivity contribution in [2.75, 3.05) is 0 Å². The van der Waals surface area contributed by atoms with Gasteiger partial charge < -0.3 is 0 Å². The van der Waals surface area contributed by atoms with Crippen molar-refractivity contribution in [3.05, 3.63) is 29.6 Å². The minimum Gasteiger partial charge on any atom is -0.258 e. The summed E-state index contributed by atoms with van der Waals surface area (Å²) in [5.41, 5.74) is 2.58. The second-order valence-corrected chi connectivity index (χ2v) is 5.24. The standard InChI is InChI=1S/C17H29N/c1-3-5-7-9-12-16-14-11-15-17(18-16)13-10-8-6-4-2/h11,14-15H,3-10,12-13H2,1-2H3. The minimum atomic E-state index is 1.16. The molecule has 1 rings (SSSR count). The van der Waals surface area contributed by atoms with Crippen molar-refractivity contribution in [1.82, 2.24) is 4.98 Å². The van der Waals surface area contributed by atoms with Gasteiger partial charge in [0, 0.05) is 11.4 Å². The van der Waals surface area contributed by atoms with E-state index in [2.05, 4.69) is 32.0 Å². The predicted molar refractivity (Wildman–Crippen MR) is 79.9 cm³/mol. The van der Waals surface area contributed by atoms with Crippen LogP contribution >= 0.6 is 0 Å². The fourth-order valence-electron chi connectivity index (χ4n) is 2.27. The number of aryl methyl sites for hydroxylation is 2. The van der Waals surface area contributed by atoms with Gasteiger partial charge in [-0.3, -0.25) is 4.98 Å². The molecule has 0 aliphatic heterocycles. The lowest BCUT2D eigenvalue weighted by Gasteiger charge is -2.04. The summed E-state index contributed by atoms with van der Waals surface area (Å²) in [5, 5.41) is 0. The second-order valence-electron chi connectivity index (χ2n) is 5.24. The molecule has 1 heterocycles. The number of aromatic nitrogens is 1. The number of hydrogen-bond donors (Lipinski definition) is 0. The van der Waals surface area contributed by atoms with Gasteiger partial charge in [-0.15, -0.1) is 0 Å². The van der Waals surface area contributed by atoms with Crippen LogP contribution in [0.5, 0.6) is 0 Å².